The third-order valence-electron chi connectivity index (χ3n) is 4.10. The summed E-state index contributed by atoms with van der Waals surface area (Å²) in [6.45, 7) is 4.68. The molecule has 112 valence electrons. The number of halogens is 1. The van der Waals surface area contributed by atoms with Crippen molar-refractivity contribution in [2.45, 2.75) is 6.04 Å². The molecular formula is C16H20ClN3S. The van der Waals surface area contributed by atoms with Gasteiger partial charge in [-0.2, -0.15) is 11.3 Å². The van der Waals surface area contributed by atoms with Crippen LogP contribution in [0, 0.1) is 0 Å². The molecule has 0 aliphatic carbocycles. The van der Waals surface area contributed by atoms with Gasteiger partial charge in [-0.3, -0.25) is 4.90 Å². The van der Waals surface area contributed by atoms with Crippen LogP contribution in [0.3, 0.4) is 0 Å². The molecule has 5 heteroatoms. The minimum atomic E-state index is 0.338. The maximum Gasteiger partial charge on any atom is 0.0639 e. The first-order valence-corrected chi connectivity index (χ1v) is 8.57. The van der Waals surface area contributed by atoms with E-state index in [1.54, 1.807) is 11.3 Å². The fraction of sp³-hybridized carbons (Fsp3) is 0.375. The van der Waals surface area contributed by atoms with Gasteiger partial charge in [0.2, 0.25) is 0 Å². The zero-order valence-electron chi connectivity index (χ0n) is 11.9. The SMILES string of the molecule is NCC(c1ccsc1)N1CCN(c2ccccc2Cl)CC1. The van der Waals surface area contributed by atoms with Gasteiger partial charge in [0.1, 0.15) is 0 Å². The summed E-state index contributed by atoms with van der Waals surface area (Å²) >= 11 is 8.03. The fourth-order valence-electron chi connectivity index (χ4n) is 2.94. The van der Waals surface area contributed by atoms with Gasteiger partial charge in [0.05, 0.1) is 10.7 Å². The van der Waals surface area contributed by atoms with E-state index < -0.39 is 0 Å². The lowest BCUT2D eigenvalue weighted by Gasteiger charge is -2.40. The van der Waals surface area contributed by atoms with E-state index in [2.05, 4.69) is 32.7 Å². The Labute approximate surface area is 134 Å². The molecule has 21 heavy (non-hydrogen) atoms. The second-order valence-corrected chi connectivity index (χ2v) is 6.47. The number of hydrogen-bond donors (Lipinski definition) is 1. The topological polar surface area (TPSA) is 32.5 Å². The number of nitrogens with two attached hydrogens (primary N) is 1. The Bertz CT molecular complexity index is 565. The van der Waals surface area contributed by atoms with Crippen LogP contribution >= 0.6 is 22.9 Å². The van der Waals surface area contributed by atoms with E-state index in [-0.39, 0.29) is 0 Å². The molecule has 1 aliphatic heterocycles. The average Bonchev–Trinajstić information content (AvgIpc) is 3.04. The van der Waals surface area contributed by atoms with Gasteiger partial charge in [-0.15, -0.1) is 0 Å². The molecule has 2 N–H and O–H groups in total. The van der Waals surface area contributed by atoms with Crippen LogP contribution in [0.25, 0.3) is 0 Å². The van der Waals surface area contributed by atoms with E-state index in [1.807, 2.05) is 18.2 Å². The first-order chi connectivity index (χ1) is 10.3. The summed E-state index contributed by atoms with van der Waals surface area (Å²) in [6.07, 6.45) is 0. The lowest BCUT2D eigenvalue weighted by molar-refractivity contribution is 0.190. The highest BCUT2D eigenvalue weighted by atomic mass is 35.5. The van der Waals surface area contributed by atoms with E-state index in [1.165, 1.54) is 5.56 Å². The summed E-state index contributed by atoms with van der Waals surface area (Å²) in [6, 6.07) is 10.6. The number of anilines is 1. The van der Waals surface area contributed by atoms with Crippen LogP contribution in [0.5, 0.6) is 0 Å². The maximum absolute atomic E-state index is 6.29. The van der Waals surface area contributed by atoms with Crippen molar-refractivity contribution in [3.8, 4) is 0 Å². The van der Waals surface area contributed by atoms with Crippen molar-refractivity contribution in [1.29, 1.82) is 0 Å². The van der Waals surface area contributed by atoms with Gasteiger partial charge in [0.25, 0.3) is 0 Å². The minimum Gasteiger partial charge on any atom is -0.368 e. The van der Waals surface area contributed by atoms with E-state index in [9.17, 15) is 0 Å². The third-order valence-corrected chi connectivity index (χ3v) is 5.12. The second-order valence-electron chi connectivity index (χ2n) is 5.28. The Kier molecular flexibility index (Phi) is 4.80. The Balaban J connectivity index is 1.66. The Morgan fingerprint density at radius 3 is 2.52 bits per heavy atom. The molecule has 1 atom stereocenters. The highest BCUT2D eigenvalue weighted by molar-refractivity contribution is 7.07. The van der Waals surface area contributed by atoms with Crippen molar-refractivity contribution in [1.82, 2.24) is 4.90 Å². The van der Waals surface area contributed by atoms with Crippen molar-refractivity contribution >= 4 is 28.6 Å². The molecule has 3 rings (SSSR count). The average molecular weight is 322 g/mol. The number of piperazine rings is 1. The number of thiophene rings is 1. The molecule has 1 fully saturated rings. The highest BCUT2D eigenvalue weighted by Crippen LogP contribution is 2.28. The summed E-state index contributed by atoms with van der Waals surface area (Å²) < 4.78 is 0. The quantitative estimate of drug-likeness (QED) is 0.938. The molecule has 1 unspecified atom stereocenters. The zero-order valence-corrected chi connectivity index (χ0v) is 13.5. The van der Waals surface area contributed by atoms with Crippen molar-refractivity contribution in [2.75, 3.05) is 37.6 Å². The molecule has 1 aromatic heterocycles. The Morgan fingerprint density at radius 1 is 1.14 bits per heavy atom. The number of nitrogens with zero attached hydrogens (tertiary/aromatic N) is 2. The van der Waals surface area contributed by atoms with Gasteiger partial charge in [-0.1, -0.05) is 23.7 Å². The number of benzene rings is 1. The summed E-state index contributed by atoms with van der Waals surface area (Å²) in [5, 5.41) is 5.16. The van der Waals surface area contributed by atoms with Crippen molar-refractivity contribution in [3.63, 3.8) is 0 Å². The Morgan fingerprint density at radius 2 is 1.90 bits per heavy atom. The van der Waals surface area contributed by atoms with E-state index in [4.69, 9.17) is 17.3 Å². The van der Waals surface area contributed by atoms with Crippen molar-refractivity contribution in [3.05, 3.63) is 51.7 Å². The highest BCUT2D eigenvalue weighted by Gasteiger charge is 2.25. The molecule has 0 bridgehead atoms. The first-order valence-electron chi connectivity index (χ1n) is 7.25. The van der Waals surface area contributed by atoms with Gasteiger partial charge < -0.3 is 10.6 Å². The van der Waals surface area contributed by atoms with Crippen LogP contribution in [-0.4, -0.2) is 37.6 Å². The fourth-order valence-corrected chi connectivity index (χ4v) is 3.91. The van der Waals surface area contributed by atoms with Crippen molar-refractivity contribution < 1.29 is 0 Å². The Hall–Kier alpha value is -1.07. The lowest BCUT2D eigenvalue weighted by atomic mass is 10.1. The molecule has 1 aliphatic rings. The molecule has 3 nitrogen and oxygen atoms in total. The van der Waals surface area contributed by atoms with Crippen LogP contribution in [0.15, 0.2) is 41.1 Å². The van der Waals surface area contributed by atoms with Crippen LogP contribution < -0.4 is 10.6 Å². The largest absolute Gasteiger partial charge is 0.368 e. The standard InChI is InChI=1S/C16H20ClN3S/c17-14-3-1-2-4-15(14)19-6-8-20(9-7-19)16(11-18)13-5-10-21-12-13/h1-5,10,12,16H,6-9,11,18H2. The molecule has 2 aromatic rings. The van der Waals surface area contributed by atoms with E-state index in [0.717, 1.165) is 36.9 Å². The van der Waals surface area contributed by atoms with Crippen LogP contribution in [0.4, 0.5) is 5.69 Å². The van der Waals surface area contributed by atoms with E-state index >= 15 is 0 Å². The second kappa shape index (κ2) is 6.79. The lowest BCUT2D eigenvalue weighted by Crippen LogP contribution is -2.49. The summed E-state index contributed by atoms with van der Waals surface area (Å²) in [5.74, 6) is 0. The monoisotopic (exact) mass is 321 g/mol. The van der Waals surface area contributed by atoms with Gasteiger partial charge in [0, 0.05) is 38.8 Å². The molecule has 1 saturated heterocycles. The van der Waals surface area contributed by atoms with Crippen molar-refractivity contribution in [2.24, 2.45) is 5.73 Å². The summed E-state index contributed by atoms with van der Waals surface area (Å²) in [4.78, 5) is 4.84. The minimum absolute atomic E-state index is 0.338. The predicted octanol–water partition coefficient (Wildman–Crippen LogP) is 3.22. The number of para-hydroxylation sites is 1. The predicted molar refractivity (Wildman–Crippen MR) is 91.4 cm³/mol. The number of hydrogen-bond acceptors (Lipinski definition) is 4. The smallest absolute Gasteiger partial charge is 0.0639 e. The van der Waals surface area contributed by atoms with Gasteiger partial charge in [-0.05, 0) is 34.5 Å². The van der Waals surface area contributed by atoms with Gasteiger partial charge in [-0.25, -0.2) is 0 Å². The molecule has 0 saturated carbocycles. The van der Waals surface area contributed by atoms with Gasteiger partial charge in [0.15, 0.2) is 0 Å². The van der Waals surface area contributed by atoms with Crippen LogP contribution in [-0.2, 0) is 0 Å². The summed E-state index contributed by atoms with van der Waals surface area (Å²) in [7, 11) is 0. The normalized spacial score (nSPS) is 17.9. The third kappa shape index (κ3) is 3.24. The zero-order chi connectivity index (χ0) is 14.7. The number of rotatable bonds is 4. The van der Waals surface area contributed by atoms with E-state index in [0.29, 0.717) is 12.6 Å². The molecular weight excluding hydrogens is 302 g/mol. The molecule has 0 radical (unpaired) electrons. The molecule has 1 aromatic carbocycles. The molecule has 0 amide bonds. The van der Waals surface area contributed by atoms with Crippen LogP contribution in [0.2, 0.25) is 5.02 Å². The molecule has 0 spiro atoms. The first kappa shape index (κ1) is 14.9. The summed E-state index contributed by atoms with van der Waals surface area (Å²) in [5.41, 5.74) is 8.47. The molecule has 2 heterocycles. The van der Waals surface area contributed by atoms with Crippen LogP contribution in [0.1, 0.15) is 11.6 Å². The van der Waals surface area contributed by atoms with Gasteiger partial charge >= 0.3 is 0 Å². The maximum atomic E-state index is 6.29.